The van der Waals surface area contributed by atoms with E-state index in [9.17, 15) is 14.4 Å². The summed E-state index contributed by atoms with van der Waals surface area (Å²) in [4.78, 5) is 39.2. The van der Waals surface area contributed by atoms with E-state index in [0.29, 0.717) is 0 Å². The molecule has 0 amide bonds. The van der Waals surface area contributed by atoms with E-state index in [1.54, 1.807) is 6.92 Å². The van der Waals surface area contributed by atoms with Gasteiger partial charge in [-0.1, -0.05) is 11.6 Å². The number of Topliss-reactive ketones (excluding diaryl/α,β-unsaturated/α-hetero) is 1. The molecule has 0 N–H and O–H groups in total. The highest BCUT2D eigenvalue weighted by Crippen LogP contribution is 2.18. The van der Waals surface area contributed by atoms with Crippen molar-refractivity contribution in [2.24, 2.45) is 5.92 Å². The van der Waals surface area contributed by atoms with Gasteiger partial charge in [-0.05, 0) is 25.5 Å². The molecule has 114 valence electrons. The fourth-order valence-corrected chi connectivity index (χ4v) is 1.89. The highest BCUT2D eigenvalue weighted by atomic mass is 35.5. The number of carbonyl (C=O) groups excluding carboxylic acids is 3. The Bertz CT molecular complexity index is 532. The second-order valence-electron chi connectivity index (χ2n) is 4.15. The van der Waals surface area contributed by atoms with E-state index >= 15 is 0 Å². The van der Waals surface area contributed by atoms with Gasteiger partial charge in [0.25, 0.3) is 0 Å². The normalized spacial score (nSPS) is 11.6. The third-order valence-electron chi connectivity index (χ3n) is 2.76. The first-order valence-electron chi connectivity index (χ1n) is 6.38. The Morgan fingerprint density at radius 1 is 1.38 bits per heavy atom. The molecular weight excluding hydrogens is 298 g/mol. The van der Waals surface area contributed by atoms with Crippen molar-refractivity contribution in [3.63, 3.8) is 0 Å². The van der Waals surface area contributed by atoms with Gasteiger partial charge in [0.1, 0.15) is 11.1 Å². The molecule has 1 aromatic heterocycles. The van der Waals surface area contributed by atoms with Crippen LogP contribution in [0.4, 0.5) is 0 Å². The van der Waals surface area contributed by atoms with Gasteiger partial charge in [0.15, 0.2) is 5.78 Å². The molecule has 7 heteroatoms. The third-order valence-corrected chi connectivity index (χ3v) is 2.97. The molecule has 1 aromatic rings. The summed E-state index contributed by atoms with van der Waals surface area (Å²) in [6, 6.07) is 2.83. The maximum atomic E-state index is 12.4. The number of carbonyl (C=O) groups is 3. The fourth-order valence-electron chi connectivity index (χ4n) is 1.72. The molecule has 0 fully saturated rings. The van der Waals surface area contributed by atoms with Crippen LogP contribution in [-0.4, -0.2) is 36.4 Å². The first-order chi connectivity index (χ1) is 9.99. The molecule has 0 saturated heterocycles. The lowest BCUT2D eigenvalue weighted by molar-refractivity contribution is -0.147. The van der Waals surface area contributed by atoms with E-state index < -0.39 is 23.6 Å². The van der Waals surface area contributed by atoms with Gasteiger partial charge in [-0.25, -0.2) is 4.98 Å². The molecule has 0 spiro atoms. The maximum absolute atomic E-state index is 12.4. The van der Waals surface area contributed by atoms with Crippen LogP contribution in [0.15, 0.2) is 18.3 Å². The predicted molar refractivity (Wildman–Crippen MR) is 75.0 cm³/mol. The van der Waals surface area contributed by atoms with Crippen LogP contribution >= 0.6 is 11.6 Å². The zero-order valence-electron chi connectivity index (χ0n) is 11.8. The van der Waals surface area contributed by atoms with E-state index in [2.05, 4.69) is 9.72 Å². The molecule has 0 aliphatic carbocycles. The average molecular weight is 314 g/mol. The molecule has 0 aliphatic heterocycles. The number of ketones is 1. The van der Waals surface area contributed by atoms with Crippen LogP contribution in [0.25, 0.3) is 0 Å². The van der Waals surface area contributed by atoms with Gasteiger partial charge in [0, 0.05) is 18.2 Å². The van der Waals surface area contributed by atoms with Gasteiger partial charge >= 0.3 is 11.9 Å². The summed E-state index contributed by atoms with van der Waals surface area (Å²) in [7, 11) is 1.24. The van der Waals surface area contributed by atoms with Gasteiger partial charge in [-0.2, -0.15) is 0 Å². The minimum atomic E-state index is -1.07. The quantitative estimate of drug-likeness (QED) is 0.331. The summed E-state index contributed by atoms with van der Waals surface area (Å²) in [5.41, 5.74) is 0.248. The lowest BCUT2D eigenvalue weighted by atomic mass is 9.94. The standard InChI is InChI=1S/C14H16ClNO5/c1-3-21-14(19)10(4-5-12(17)20-2)13(18)9-6-7-16-11(15)8-9/h6-8,10H,3-5H2,1-2H3. The molecule has 0 aromatic carbocycles. The first-order valence-corrected chi connectivity index (χ1v) is 6.76. The summed E-state index contributed by atoms with van der Waals surface area (Å²) in [5, 5.41) is 0.149. The number of pyridine rings is 1. The van der Waals surface area contributed by atoms with Crippen molar-refractivity contribution in [2.75, 3.05) is 13.7 Å². The second-order valence-corrected chi connectivity index (χ2v) is 4.54. The van der Waals surface area contributed by atoms with E-state index in [0.717, 1.165) is 0 Å². The Balaban J connectivity index is 2.91. The monoisotopic (exact) mass is 313 g/mol. The molecular formula is C14H16ClNO5. The second kappa shape index (κ2) is 8.36. The number of hydrogen-bond acceptors (Lipinski definition) is 6. The van der Waals surface area contributed by atoms with Crippen molar-refractivity contribution < 1.29 is 23.9 Å². The van der Waals surface area contributed by atoms with Gasteiger partial charge in [0.05, 0.1) is 13.7 Å². The summed E-state index contributed by atoms with van der Waals surface area (Å²) in [6.07, 6.45) is 1.34. The van der Waals surface area contributed by atoms with E-state index in [1.807, 2.05) is 0 Å². The van der Waals surface area contributed by atoms with E-state index in [-0.39, 0.29) is 30.2 Å². The van der Waals surface area contributed by atoms with Gasteiger partial charge < -0.3 is 9.47 Å². The summed E-state index contributed by atoms with van der Waals surface area (Å²) in [6.45, 7) is 1.79. The molecule has 1 atom stereocenters. The zero-order valence-corrected chi connectivity index (χ0v) is 12.6. The van der Waals surface area contributed by atoms with Crippen LogP contribution in [0.3, 0.4) is 0 Å². The van der Waals surface area contributed by atoms with E-state index in [1.165, 1.54) is 25.4 Å². The summed E-state index contributed by atoms with van der Waals surface area (Å²) in [5.74, 6) is -2.69. The zero-order chi connectivity index (χ0) is 15.8. The number of rotatable bonds is 7. The van der Waals surface area contributed by atoms with Crippen LogP contribution in [-0.2, 0) is 19.1 Å². The Labute approximate surface area is 127 Å². The Morgan fingerprint density at radius 3 is 2.67 bits per heavy atom. The number of ether oxygens (including phenoxy) is 2. The largest absolute Gasteiger partial charge is 0.469 e. The molecule has 6 nitrogen and oxygen atoms in total. The van der Waals surface area contributed by atoms with Crippen molar-refractivity contribution in [2.45, 2.75) is 19.8 Å². The van der Waals surface area contributed by atoms with Crippen LogP contribution < -0.4 is 0 Å². The van der Waals surface area contributed by atoms with Crippen LogP contribution in [0, 0.1) is 5.92 Å². The first kappa shape index (κ1) is 17.1. The number of nitrogens with zero attached hydrogens (tertiary/aromatic N) is 1. The molecule has 1 heterocycles. The maximum Gasteiger partial charge on any atom is 0.316 e. The van der Waals surface area contributed by atoms with Crippen molar-refractivity contribution in [3.05, 3.63) is 29.0 Å². The highest BCUT2D eigenvalue weighted by molar-refractivity contribution is 6.29. The van der Waals surface area contributed by atoms with Crippen molar-refractivity contribution in [3.8, 4) is 0 Å². The molecule has 0 saturated carbocycles. The number of esters is 2. The third kappa shape index (κ3) is 5.15. The van der Waals surface area contributed by atoms with Gasteiger partial charge in [0.2, 0.25) is 0 Å². The van der Waals surface area contributed by atoms with Crippen LogP contribution in [0.2, 0.25) is 5.15 Å². The molecule has 1 unspecified atom stereocenters. The molecule has 0 bridgehead atoms. The minimum absolute atomic E-state index is 0.0181. The number of hydrogen-bond donors (Lipinski definition) is 0. The number of halogens is 1. The van der Waals surface area contributed by atoms with Crippen LogP contribution in [0.5, 0.6) is 0 Å². The molecule has 1 rings (SSSR count). The summed E-state index contributed by atoms with van der Waals surface area (Å²) < 4.78 is 9.39. The van der Waals surface area contributed by atoms with Crippen molar-refractivity contribution >= 4 is 29.3 Å². The smallest absolute Gasteiger partial charge is 0.316 e. The Hall–Kier alpha value is -1.95. The summed E-state index contributed by atoms with van der Waals surface area (Å²) >= 11 is 5.73. The highest BCUT2D eigenvalue weighted by Gasteiger charge is 2.29. The average Bonchev–Trinajstić information content (AvgIpc) is 2.47. The van der Waals surface area contributed by atoms with Crippen molar-refractivity contribution in [1.29, 1.82) is 0 Å². The number of methoxy groups -OCH3 is 1. The van der Waals surface area contributed by atoms with E-state index in [4.69, 9.17) is 16.3 Å². The minimum Gasteiger partial charge on any atom is -0.469 e. The fraction of sp³-hybridized carbons (Fsp3) is 0.429. The van der Waals surface area contributed by atoms with Crippen molar-refractivity contribution in [1.82, 2.24) is 4.98 Å². The number of aromatic nitrogens is 1. The Kier molecular flexibility index (Phi) is 6.81. The molecule has 21 heavy (non-hydrogen) atoms. The lowest BCUT2D eigenvalue weighted by Crippen LogP contribution is -2.27. The predicted octanol–water partition coefficient (Wildman–Crippen LogP) is 2.05. The molecule has 0 radical (unpaired) electrons. The SMILES string of the molecule is CCOC(=O)C(CCC(=O)OC)C(=O)c1ccnc(Cl)c1. The van der Waals surface area contributed by atoms with Gasteiger partial charge in [-0.15, -0.1) is 0 Å². The van der Waals surface area contributed by atoms with Gasteiger partial charge in [-0.3, -0.25) is 14.4 Å². The lowest BCUT2D eigenvalue weighted by Gasteiger charge is -2.14. The topological polar surface area (TPSA) is 82.6 Å². The van der Waals surface area contributed by atoms with Crippen LogP contribution in [0.1, 0.15) is 30.1 Å². The molecule has 0 aliphatic rings. The Morgan fingerprint density at radius 2 is 2.10 bits per heavy atom.